The molecule has 0 unspecified atom stereocenters. The maximum Gasteiger partial charge on any atom is 0.433 e. The highest BCUT2D eigenvalue weighted by atomic mass is 19.4. The van der Waals surface area contributed by atoms with Gasteiger partial charge in [0.25, 0.3) is 0 Å². The second-order valence-corrected chi connectivity index (χ2v) is 6.40. The second-order valence-electron chi connectivity index (χ2n) is 6.40. The summed E-state index contributed by atoms with van der Waals surface area (Å²) in [5.41, 5.74) is 1.05. The molecule has 2 aromatic heterocycles. The van der Waals surface area contributed by atoms with E-state index in [1.165, 1.54) is 11.0 Å². The molecule has 0 radical (unpaired) electrons. The summed E-state index contributed by atoms with van der Waals surface area (Å²) in [4.78, 5) is 29.4. The van der Waals surface area contributed by atoms with Crippen LogP contribution in [-0.2, 0) is 28.9 Å². The predicted molar refractivity (Wildman–Crippen MR) is 88.2 cm³/mol. The number of fused-ring (bicyclic) bond motifs is 1. The first kappa shape index (κ1) is 18.9. The van der Waals surface area contributed by atoms with Crippen LogP contribution in [0.3, 0.4) is 0 Å². The Morgan fingerprint density at radius 3 is 2.63 bits per heavy atom. The van der Waals surface area contributed by atoms with Crippen LogP contribution < -0.4 is 5.32 Å². The zero-order valence-corrected chi connectivity index (χ0v) is 14.7. The monoisotopic (exact) mass is 381 g/mol. The van der Waals surface area contributed by atoms with Crippen molar-refractivity contribution in [2.45, 2.75) is 39.2 Å². The zero-order valence-electron chi connectivity index (χ0n) is 14.7. The number of aromatic nitrogens is 3. The highest BCUT2D eigenvalue weighted by Crippen LogP contribution is 2.27. The van der Waals surface area contributed by atoms with Gasteiger partial charge < -0.3 is 10.2 Å². The van der Waals surface area contributed by atoms with E-state index >= 15 is 0 Å². The Kier molecular flexibility index (Phi) is 4.90. The molecule has 0 saturated carbocycles. The molecule has 2 amide bonds. The SMILES string of the molecule is Cc1cc2n(n1)CCN(C(=O)C(=O)N[C@H](C)c1ccc(C(F)(F)F)nc1)C2. The van der Waals surface area contributed by atoms with Crippen molar-refractivity contribution < 1.29 is 22.8 Å². The van der Waals surface area contributed by atoms with Crippen molar-refractivity contribution in [2.24, 2.45) is 0 Å². The normalized spacial score (nSPS) is 15.2. The number of halogens is 3. The molecule has 1 aliphatic rings. The van der Waals surface area contributed by atoms with E-state index in [1.54, 1.807) is 11.6 Å². The van der Waals surface area contributed by atoms with Crippen LogP contribution >= 0.6 is 0 Å². The zero-order chi connectivity index (χ0) is 19.8. The molecule has 0 fully saturated rings. The average molecular weight is 381 g/mol. The van der Waals surface area contributed by atoms with Gasteiger partial charge in [0.05, 0.1) is 30.5 Å². The number of rotatable bonds is 2. The third kappa shape index (κ3) is 4.09. The fourth-order valence-corrected chi connectivity index (χ4v) is 2.90. The summed E-state index contributed by atoms with van der Waals surface area (Å²) in [5, 5.41) is 6.80. The molecule has 0 bridgehead atoms. The Balaban J connectivity index is 1.62. The highest BCUT2D eigenvalue weighted by molar-refractivity contribution is 6.35. The maximum absolute atomic E-state index is 12.6. The van der Waals surface area contributed by atoms with Crippen molar-refractivity contribution in [2.75, 3.05) is 6.54 Å². The number of pyridine rings is 1. The van der Waals surface area contributed by atoms with Crippen molar-refractivity contribution in [3.8, 4) is 0 Å². The first-order valence-corrected chi connectivity index (χ1v) is 8.31. The first-order chi connectivity index (χ1) is 12.6. The fourth-order valence-electron chi connectivity index (χ4n) is 2.90. The van der Waals surface area contributed by atoms with E-state index in [0.717, 1.165) is 23.7 Å². The fraction of sp³-hybridized carbons (Fsp3) is 0.412. The molecule has 3 rings (SSSR count). The standard InChI is InChI=1S/C17H18F3N5O2/c1-10-7-13-9-24(5-6-25(13)23-10)16(27)15(26)22-11(2)12-3-4-14(21-8-12)17(18,19)20/h3-4,7-8,11H,5-6,9H2,1-2H3,(H,22,26)/t11-/m1/s1. The lowest BCUT2D eigenvalue weighted by atomic mass is 10.1. The van der Waals surface area contributed by atoms with Gasteiger partial charge in [0.1, 0.15) is 5.69 Å². The Morgan fingerprint density at radius 2 is 2.00 bits per heavy atom. The molecule has 0 aliphatic carbocycles. The molecule has 3 heterocycles. The first-order valence-electron chi connectivity index (χ1n) is 8.31. The van der Waals surface area contributed by atoms with E-state index < -0.39 is 29.7 Å². The molecule has 10 heteroatoms. The van der Waals surface area contributed by atoms with Gasteiger partial charge in [0.2, 0.25) is 0 Å². The Hall–Kier alpha value is -2.91. The van der Waals surface area contributed by atoms with Crippen molar-refractivity contribution in [1.29, 1.82) is 0 Å². The summed E-state index contributed by atoms with van der Waals surface area (Å²) in [6, 6.07) is 3.27. The second kappa shape index (κ2) is 7.01. The van der Waals surface area contributed by atoms with Crippen molar-refractivity contribution >= 4 is 11.8 Å². The summed E-state index contributed by atoms with van der Waals surface area (Å²) in [5.74, 6) is -1.50. The van der Waals surface area contributed by atoms with Gasteiger partial charge >= 0.3 is 18.0 Å². The smallest absolute Gasteiger partial charge is 0.341 e. The van der Waals surface area contributed by atoms with Crippen molar-refractivity contribution in [3.05, 3.63) is 47.0 Å². The van der Waals surface area contributed by atoms with E-state index in [1.807, 2.05) is 13.0 Å². The Labute approximate surface area is 153 Å². The minimum Gasteiger partial charge on any atom is -0.341 e. The van der Waals surface area contributed by atoms with E-state index in [4.69, 9.17) is 0 Å². The van der Waals surface area contributed by atoms with E-state index in [9.17, 15) is 22.8 Å². The number of hydrogen-bond donors (Lipinski definition) is 1. The number of carbonyl (C=O) groups is 2. The number of aryl methyl sites for hydroxylation is 1. The van der Waals surface area contributed by atoms with Gasteiger partial charge in [-0.05, 0) is 31.5 Å². The summed E-state index contributed by atoms with van der Waals surface area (Å²) in [6.45, 7) is 4.56. The molecule has 2 aromatic rings. The lowest BCUT2D eigenvalue weighted by molar-refractivity contribution is -0.147. The van der Waals surface area contributed by atoms with E-state index in [0.29, 0.717) is 18.7 Å². The van der Waals surface area contributed by atoms with E-state index in [-0.39, 0.29) is 6.54 Å². The van der Waals surface area contributed by atoms with Crippen LogP contribution in [0.2, 0.25) is 0 Å². The summed E-state index contributed by atoms with van der Waals surface area (Å²) in [7, 11) is 0. The molecule has 1 atom stereocenters. The molecule has 7 nitrogen and oxygen atoms in total. The van der Waals surface area contributed by atoms with Crippen LogP contribution in [0.1, 0.15) is 35.6 Å². The van der Waals surface area contributed by atoms with Gasteiger partial charge in [-0.1, -0.05) is 6.07 Å². The molecular weight excluding hydrogens is 363 g/mol. The molecule has 144 valence electrons. The summed E-state index contributed by atoms with van der Waals surface area (Å²) in [6.07, 6.45) is -3.49. The van der Waals surface area contributed by atoms with Gasteiger partial charge in [-0.25, -0.2) is 0 Å². The van der Waals surface area contributed by atoms with Crippen LogP contribution in [0.15, 0.2) is 24.4 Å². The van der Waals surface area contributed by atoms with Crippen LogP contribution in [0, 0.1) is 6.92 Å². The molecule has 1 N–H and O–H groups in total. The molecular formula is C17H18F3N5O2. The van der Waals surface area contributed by atoms with E-state index in [2.05, 4.69) is 15.4 Å². The third-order valence-electron chi connectivity index (χ3n) is 4.33. The summed E-state index contributed by atoms with van der Waals surface area (Å²) < 4.78 is 39.5. The largest absolute Gasteiger partial charge is 0.433 e. The highest BCUT2D eigenvalue weighted by Gasteiger charge is 2.32. The lowest BCUT2D eigenvalue weighted by Gasteiger charge is -2.27. The Bertz CT molecular complexity index is 860. The van der Waals surface area contributed by atoms with Gasteiger partial charge in [-0.15, -0.1) is 0 Å². The van der Waals surface area contributed by atoms with Crippen molar-refractivity contribution in [3.63, 3.8) is 0 Å². The molecule has 1 aliphatic heterocycles. The van der Waals surface area contributed by atoms with Crippen LogP contribution in [-0.4, -0.2) is 38.0 Å². The number of nitrogens with one attached hydrogen (secondary N) is 1. The molecule has 0 aromatic carbocycles. The molecule has 0 saturated heterocycles. The van der Waals surface area contributed by atoms with Gasteiger partial charge in [-0.2, -0.15) is 18.3 Å². The molecule has 27 heavy (non-hydrogen) atoms. The van der Waals surface area contributed by atoms with Gasteiger partial charge in [0.15, 0.2) is 0 Å². The topological polar surface area (TPSA) is 80.1 Å². The number of carbonyl (C=O) groups excluding carboxylic acids is 2. The third-order valence-corrected chi connectivity index (χ3v) is 4.33. The quantitative estimate of drug-likeness (QED) is 0.805. The number of nitrogens with zero attached hydrogens (tertiary/aromatic N) is 4. The maximum atomic E-state index is 12.6. The number of hydrogen-bond acceptors (Lipinski definition) is 4. The number of alkyl halides is 3. The molecule has 0 spiro atoms. The lowest BCUT2D eigenvalue weighted by Crippen LogP contribution is -2.46. The Morgan fingerprint density at radius 1 is 1.26 bits per heavy atom. The van der Waals surface area contributed by atoms with Gasteiger partial charge in [-0.3, -0.25) is 19.3 Å². The average Bonchev–Trinajstić information content (AvgIpc) is 2.99. The van der Waals surface area contributed by atoms with Crippen molar-refractivity contribution in [1.82, 2.24) is 25.0 Å². The van der Waals surface area contributed by atoms with Crippen LogP contribution in [0.5, 0.6) is 0 Å². The van der Waals surface area contributed by atoms with Crippen LogP contribution in [0.25, 0.3) is 0 Å². The summed E-state index contributed by atoms with van der Waals surface area (Å²) >= 11 is 0. The minimum absolute atomic E-state index is 0.281. The number of amides is 2. The van der Waals surface area contributed by atoms with Gasteiger partial charge in [0, 0.05) is 12.7 Å². The minimum atomic E-state index is -4.53. The predicted octanol–water partition coefficient (Wildman–Crippen LogP) is 1.82. The van der Waals surface area contributed by atoms with Crippen LogP contribution in [0.4, 0.5) is 13.2 Å².